The summed E-state index contributed by atoms with van der Waals surface area (Å²) in [5.41, 5.74) is 3.59. The molecule has 0 aromatic heterocycles. The van der Waals surface area contributed by atoms with Crippen molar-refractivity contribution in [3.05, 3.63) is 34.9 Å². The summed E-state index contributed by atoms with van der Waals surface area (Å²) < 4.78 is 11.5. The summed E-state index contributed by atoms with van der Waals surface area (Å²) >= 11 is 5.77. The average Bonchev–Trinajstić information content (AvgIpc) is 2.66. The van der Waals surface area contributed by atoms with Crippen LogP contribution in [0.3, 0.4) is 0 Å². The molecule has 2 nitrogen and oxygen atoms in total. The van der Waals surface area contributed by atoms with Gasteiger partial charge in [0, 0.05) is 5.56 Å². The lowest BCUT2D eigenvalue weighted by molar-refractivity contribution is -0.159. The molecule has 0 N–H and O–H groups in total. The van der Waals surface area contributed by atoms with Crippen LogP contribution in [0.5, 0.6) is 0 Å². The second-order valence-electron chi connectivity index (χ2n) is 4.45. The number of ether oxygens (including phenoxy) is 2. The number of halogens is 1. The Labute approximate surface area is 102 Å². The Balaban J connectivity index is 2.27. The fourth-order valence-corrected chi connectivity index (χ4v) is 2.04. The lowest BCUT2D eigenvalue weighted by Crippen LogP contribution is -2.24. The number of rotatable bonds is 2. The lowest BCUT2D eigenvalue weighted by atomic mass is 10.0. The first-order valence-corrected chi connectivity index (χ1v) is 6.04. The highest BCUT2D eigenvalue weighted by molar-refractivity contribution is 6.18. The summed E-state index contributed by atoms with van der Waals surface area (Å²) in [6.45, 7) is 6.70. The van der Waals surface area contributed by atoms with Gasteiger partial charge in [-0.3, -0.25) is 0 Å². The molecule has 2 unspecified atom stereocenters. The van der Waals surface area contributed by atoms with Gasteiger partial charge in [0.05, 0.1) is 18.6 Å². The average molecular weight is 241 g/mol. The summed E-state index contributed by atoms with van der Waals surface area (Å²) in [6.07, 6.45) is -0.00623. The molecule has 2 rings (SSSR count). The fourth-order valence-electron chi connectivity index (χ4n) is 1.89. The quantitative estimate of drug-likeness (QED) is 0.740. The third-order valence-electron chi connectivity index (χ3n) is 3.14. The summed E-state index contributed by atoms with van der Waals surface area (Å²) in [4.78, 5) is 0. The zero-order valence-electron chi connectivity index (χ0n) is 9.92. The normalized spacial score (nSPS) is 29.6. The number of hydrogen-bond acceptors (Lipinski definition) is 2. The smallest absolute Gasteiger partial charge is 0.192 e. The Hall–Kier alpha value is -0.570. The number of hydrogen-bond donors (Lipinski definition) is 0. The minimum Gasteiger partial charge on any atom is -0.343 e. The Morgan fingerprint density at radius 1 is 1.38 bits per heavy atom. The van der Waals surface area contributed by atoms with E-state index in [1.807, 2.05) is 6.92 Å². The molecule has 1 aromatic carbocycles. The van der Waals surface area contributed by atoms with Gasteiger partial charge in [-0.25, -0.2) is 0 Å². The summed E-state index contributed by atoms with van der Waals surface area (Å²) in [6, 6.07) is 6.27. The maximum absolute atomic E-state index is 5.82. The number of aryl methyl sites for hydroxylation is 2. The van der Waals surface area contributed by atoms with Gasteiger partial charge in [0.2, 0.25) is 0 Å². The summed E-state index contributed by atoms with van der Waals surface area (Å²) in [5, 5.41) is 0. The fraction of sp³-hybridized carbons (Fsp3) is 0.538. The van der Waals surface area contributed by atoms with Crippen molar-refractivity contribution in [1.82, 2.24) is 0 Å². The van der Waals surface area contributed by atoms with Crippen LogP contribution in [0.15, 0.2) is 18.2 Å². The second-order valence-corrected chi connectivity index (χ2v) is 4.76. The lowest BCUT2D eigenvalue weighted by Gasteiger charge is -2.24. The first-order chi connectivity index (χ1) is 7.55. The summed E-state index contributed by atoms with van der Waals surface area (Å²) in [7, 11) is 0. The van der Waals surface area contributed by atoms with E-state index in [0.717, 1.165) is 5.56 Å². The van der Waals surface area contributed by atoms with Crippen molar-refractivity contribution in [3.8, 4) is 0 Å². The van der Waals surface area contributed by atoms with Crippen LogP contribution in [0.25, 0.3) is 0 Å². The molecule has 88 valence electrons. The molecule has 3 heteroatoms. The SMILES string of the molecule is Cc1ccc(C2(C)OCC(CCl)O2)cc1C. The molecule has 1 aliphatic rings. The van der Waals surface area contributed by atoms with Crippen LogP contribution < -0.4 is 0 Å². The zero-order valence-corrected chi connectivity index (χ0v) is 10.7. The van der Waals surface area contributed by atoms with E-state index in [1.165, 1.54) is 11.1 Å². The van der Waals surface area contributed by atoms with Crippen molar-refractivity contribution >= 4 is 11.6 Å². The molecule has 0 saturated carbocycles. The molecule has 1 aliphatic heterocycles. The van der Waals surface area contributed by atoms with Crippen LogP contribution in [0.4, 0.5) is 0 Å². The van der Waals surface area contributed by atoms with Crippen molar-refractivity contribution in [3.63, 3.8) is 0 Å². The van der Waals surface area contributed by atoms with E-state index in [-0.39, 0.29) is 6.10 Å². The van der Waals surface area contributed by atoms with Crippen LogP contribution in [0.2, 0.25) is 0 Å². The molecule has 1 saturated heterocycles. The van der Waals surface area contributed by atoms with Crippen LogP contribution in [-0.4, -0.2) is 18.6 Å². The Morgan fingerprint density at radius 2 is 2.12 bits per heavy atom. The third kappa shape index (κ3) is 2.10. The second kappa shape index (κ2) is 4.36. The topological polar surface area (TPSA) is 18.5 Å². The van der Waals surface area contributed by atoms with Crippen molar-refractivity contribution < 1.29 is 9.47 Å². The zero-order chi connectivity index (χ0) is 11.8. The van der Waals surface area contributed by atoms with Crippen molar-refractivity contribution in [1.29, 1.82) is 0 Å². The third-order valence-corrected chi connectivity index (χ3v) is 3.48. The Kier molecular flexibility index (Phi) is 3.24. The minimum absolute atomic E-state index is 0.00623. The van der Waals surface area contributed by atoms with E-state index < -0.39 is 5.79 Å². The predicted octanol–water partition coefficient (Wildman–Crippen LogP) is 3.13. The van der Waals surface area contributed by atoms with Crippen LogP contribution in [0.1, 0.15) is 23.6 Å². The maximum atomic E-state index is 5.82. The molecule has 16 heavy (non-hydrogen) atoms. The van der Waals surface area contributed by atoms with Gasteiger partial charge in [-0.15, -0.1) is 11.6 Å². The van der Waals surface area contributed by atoms with Crippen molar-refractivity contribution in [2.24, 2.45) is 0 Å². The van der Waals surface area contributed by atoms with Gasteiger partial charge in [0.15, 0.2) is 5.79 Å². The standard InChI is InChI=1S/C13H17ClO2/c1-9-4-5-11(6-10(9)2)13(3)15-8-12(7-14)16-13/h4-6,12H,7-8H2,1-3H3. The first-order valence-electron chi connectivity index (χ1n) is 5.50. The molecule has 0 bridgehead atoms. The molecular formula is C13H17ClO2. The highest BCUT2D eigenvalue weighted by Crippen LogP contribution is 2.34. The predicted molar refractivity (Wildman–Crippen MR) is 64.8 cm³/mol. The molecule has 0 spiro atoms. The van der Waals surface area contributed by atoms with Gasteiger partial charge in [-0.1, -0.05) is 18.2 Å². The van der Waals surface area contributed by atoms with Crippen molar-refractivity contribution in [2.45, 2.75) is 32.7 Å². The van der Waals surface area contributed by atoms with E-state index >= 15 is 0 Å². The molecule has 1 aromatic rings. The van der Waals surface area contributed by atoms with Crippen molar-refractivity contribution in [2.75, 3.05) is 12.5 Å². The van der Waals surface area contributed by atoms with Gasteiger partial charge in [0.25, 0.3) is 0 Å². The van der Waals surface area contributed by atoms with Gasteiger partial charge in [0.1, 0.15) is 0 Å². The highest BCUT2D eigenvalue weighted by Gasteiger charge is 2.38. The van der Waals surface area contributed by atoms with E-state index in [4.69, 9.17) is 21.1 Å². The first kappa shape index (κ1) is 11.9. The molecule has 0 aliphatic carbocycles. The molecule has 0 radical (unpaired) electrons. The van der Waals surface area contributed by atoms with E-state index in [1.54, 1.807) is 0 Å². The Bertz CT molecular complexity index is 392. The molecule has 2 atom stereocenters. The molecule has 1 fully saturated rings. The number of benzene rings is 1. The van der Waals surface area contributed by atoms with E-state index in [0.29, 0.717) is 12.5 Å². The monoisotopic (exact) mass is 240 g/mol. The maximum Gasteiger partial charge on any atom is 0.192 e. The molecule has 0 amide bonds. The van der Waals surface area contributed by atoms with Gasteiger partial charge in [-0.2, -0.15) is 0 Å². The van der Waals surface area contributed by atoms with E-state index in [2.05, 4.69) is 32.0 Å². The highest BCUT2D eigenvalue weighted by atomic mass is 35.5. The van der Waals surface area contributed by atoms with E-state index in [9.17, 15) is 0 Å². The van der Waals surface area contributed by atoms with Crippen LogP contribution in [-0.2, 0) is 15.3 Å². The number of alkyl halides is 1. The van der Waals surface area contributed by atoms with Crippen LogP contribution in [0, 0.1) is 13.8 Å². The van der Waals surface area contributed by atoms with Crippen LogP contribution >= 0.6 is 11.6 Å². The summed E-state index contributed by atoms with van der Waals surface area (Å²) in [5.74, 6) is -0.168. The molecular weight excluding hydrogens is 224 g/mol. The van der Waals surface area contributed by atoms with Gasteiger partial charge >= 0.3 is 0 Å². The Morgan fingerprint density at radius 3 is 2.69 bits per heavy atom. The van der Waals surface area contributed by atoms with Gasteiger partial charge < -0.3 is 9.47 Å². The van der Waals surface area contributed by atoms with Gasteiger partial charge in [-0.05, 0) is 31.9 Å². The largest absolute Gasteiger partial charge is 0.343 e. The molecule has 1 heterocycles. The minimum atomic E-state index is -0.641.